The third-order valence-corrected chi connectivity index (χ3v) is 3.83. The van der Waals surface area contributed by atoms with Gasteiger partial charge in [0, 0.05) is 11.6 Å². The molecule has 20 heavy (non-hydrogen) atoms. The lowest BCUT2D eigenvalue weighted by molar-refractivity contribution is -0.384. The van der Waals surface area contributed by atoms with Gasteiger partial charge in [-0.15, -0.1) is 0 Å². The summed E-state index contributed by atoms with van der Waals surface area (Å²) in [6.45, 7) is 2.06. The standard InChI is InChI=1S/C14H18N2O4/c1-14(7-3-2-4-8-14)15-11-6-5-10(13(17)18)9-12(11)16(19)20/h5-6,9,15H,2-4,7-8H2,1H3,(H,17,18). The van der Waals surface area contributed by atoms with Gasteiger partial charge in [-0.2, -0.15) is 0 Å². The number of benzene rings is 1. The maximum atomic E-state index is 11.1. The second-order valence-corrected chi connectivity index (χ2v) is 5.54. The summed E-state index contributed by atoms with van der Waals surface area (Å²) < 4.78 is 0. The molecule has 108 valence electrons. The van der Waals surface area contributed by atoms with Crippen molar-refractivity contribution in [1.82, 2.24) is 0 Å². The lowest BCUT2D eigenvalue weighted by Crippen LogP contribution is -2.36. The Morgan fingerprint density at radius 1 is 1.35 bits per heavy atom. The first-order valence-electron chi connectivity index (χ1n) is 6.71. The van der Waals surface area contributed by atoms with Crippen molar-refractivity contribution < 1.29 is 14.8 Å². The molecule has 0 saturated heterocycles. The van der Waals surface area contributed by atoms with E-state index in [9.17, 15) is 14.9 Å². The number of rotatable bonds is 4. The quantitative estimate of drug-likeness (QED) is 0.650. The minimum Gasteiger partial charge on any atom is -0.478 e. The molecular formula is C14H18N2O4. The van der Waals surface area contributed by atoms with E-state index in [2.05, 4.69) is 12.2 Å². The number of nitrogens with one attached hydrogen (secondary N) is 1. The molecule has 0 spiro atoms. The summed E-state index contributed by atoms with van der Waals surface area (Å²) in [5.41, 5.74) is -0.0227. The summed E-state index contributed by atoms with van der Waals surface area (Å²) in [7, 11) is 0. The molecule has 1 aromatic carbocycles. The van der Waals surface area contributed by atoms with E-state index in [0.29, 0.717) is 5.69 Å². The second kappa shape index (κ2) is 5.48. The highest BCUT2D eigenvalue weighted by Gasteiger charge is 2.29. The van der Waals surface area contributed by atoms with Gasteiger partial charge < -0.3 is 10.4 Å². The van der Waals surface area contributed by atoms with E-state index < -0.39 is 10.9 Å². The molecule has 0 aliphatic heterocycles. The van der Waals surface area contributed by atoms with E-state index in [0.717, 1.165) is 31.7 Å². The highest BCUT2D eigenvalue weighted by molar-refractivity contribution is 5.89. The van der Waals surface area contributed by atoms with Crippen molar-refractivity contribution in [2.45, 2.75) is 44.6 Å². The van der Waals surface area contributed by atoms with Crippen molar-refractivity contribution in [3.05, 3.63) is 33.9 Å². The van der Waals surface area contributed by atoms with Crippen LogP contribution in [0.15, 0.2) is 18.2 Å². The fourth-order valence-corrected chi connectivity index (χ4v) is 2.70. The van der Waals surface area contributed by atoms with Crippen LogP contribution in [0.1, 0.15) is 49.4 Å². The number of hydrogen-bond acceptors (Lipinski definition) is 4. The SMILES string of the molecule is CC1(Nc2ccc(C(=O)O)cc2[N+](=O)[O-])CCCCC1. The van der Waals surface area contributed by atoms with Gasteiger partial charge in [0.1, 0.15) is 5.69 Å². The number of nitrogens with zero attached hydrogens (tertiary/aromatic N) is 1. The maximum Gasteiger partial charge on any atom is 0.335 e. The summed E-state index contributed by atoms with van der Waals surface area (Å²) in [6, 6.07) is 3.99. The summed E-state index contributed by atoms with van der Waals surface area (Å²) >= 11 is 0. The van der Waals surface area contributed by atoms with Gasteiger partial charge in [0.15, 0.2) is 0 Å². The van der Waals surface area contributed by atoms with Crippen LogP contribution in [0.25, 0.3) is 0 Å². The van der Waals surface area contributed by atoms with Gasteiger partial charge in [-0.25, -0.2) is 4.79 Å². The molecular weight excluding hydrogens is 260 g/mol. The number of anilines is 1. The number of nitro groups is 1. The Labute approximate surface area is 117 Å². The molecule has 0 unspecified atom stereocenters. The van der Waals surface area contributed by atoms with Crippen molar-refractivity contribution in [3.8, 4) is 0 Å². The average molecular weight is 278 g/mol. The first-order chi connectivity index (χ1) is 9.41. The summed E-state index contributed by atoms with van der Waals surface area (Å²) in [4.78, 5) is 21.5. The molecule has 0 amide bonds. The monoisotopic (exact) mass is 278 g/mol. The average Bonchev–Trinajstić information content (AvgIpc) is 2.39. The van der Waals surface area contributed by atoms with Gasteiger partial charge in [0.05, 0.1) is 10.5 Å². The molecule has 1 aliphatic rings. The Kier molecular flexibility index (Phi) is 3.92. The van der Waals surface area contributed by atoms with Crippen LogP contribution in [-0.2, 0) is 0 Å². The van der Waals surface area contributed by atoms with Gasteiger partial charge in [0.25, 0.3) is 5.69 Å². The highest BCUT2D eigenvalue weighted by atomic mass is 16.6. The first kappa shape index (κ1) is 14.3. The Morgan fingerprint density at radius 2 is 2.00 bits per heavy atom. The molecule has 0 aromatic heterocycles. The molecule has 0 atom stereocenters. The molecule has 6 heteroatoms. The van der Waals surface area contributed by atoms with E-state index in [1.807, 2.05) is 0 Å². The predicted molar refractivity (Wildman–Crippen MR) is 75.2 cm³/mol. The molecule has 6 nitrogen and oxygen atoms in total. The van der Waals surface area contributed by atoms with Crippen LogP contribution in [0.3, 0.4) is 0 Å². The third kappa shape index (κ3) is 3.07. The molecule has 0 bridgehead atoms. The van der Waals surface area contributed by atoms with Crippen LogP contribution in [0, 0.1) is 10.1 Å². The zero-order valence-corrected chi connectivity index (χ0v) is 11.4. The van der Waals surface area contributed by atoms with E-state index in [-0.39, 0.29) is 16.8 Å². The maximum absolute atomic E-state index is 11.1. The highest BCUT2D eigenvalue weighted by Crippen LogP contribution is 2.35. The van der Waals surface area contributed by atoms with Gasteiger partial charge in [-0.1, -0.05) is 19.3 Å². The van der Waals surface area contributed by atoms with Gasteiger partial charge >= 0.3 is 5.97 Å². The van der Waals surface area contributed by atoms with Crippen molar-refractivity contribution >= 4 is 17.3 Å². The topological polar surface area (TPSA) is 92.5 Å². The summed E-state index contributed by atoms with van der Waals surface area (Å²) in [6.07, 6.45) is 5.32. The van der Waals surface area contributed by atoms with E-state index in [1.165, 1.54) is 18.6 Å². The zero-order chi connectivity index (χ0) is 14.8. The fourth-order valence-electron chi connectivity index (χ4n) is 2.70. The molecule has 1 aliphatic carbocycles. The van der Waals surface area contributed by atoms with Crippen molar-refractivity contribution in [1.29, 1.82) is 0 Å². The predicted octanol–water partition coefficient (Wildman–Crippen LogP) is 3.43. The lowest BCUT2D eigenvalue weighted by Gasteiger charge is -2.35. The van der Waals surface area contributed by atoms with E-state index in [1.54, 1.807) is 0 Å². The van der Waals surface area contributed by atoms with Crippen LogP contribution < -0.4 is 5.32 Å². The van der Waals surface area contributed by atoms with Crippen molar-refractivity contribution in [2.75, 3.05) is 5.32 Å². The Balaban J connectivity index is 2.31. The van der Waals surface area contributed by atoms with E-state index >= 15 is 0 Å². The summed E-state index contributed by atoms with van der Waals surface area (Å²) in [5.74, 6) is -1.16. The molecule has 1 saturated carbocycles. The minimum absolute atomic E-state index is 0.0731. The van der Waals surface area contributed by atoms with Crippen molar-refractivity contribution in [2.24, 2.45) is 0 Å². The van der Waals surface area contributed by atoms with Crippen molar-refractivity contribution in [3.63, 3.8) is 0 Å². The molecule has 1 fully saturated rings. The number of carbonyl (C=O) groups is 1. The minimum atomic E-state index is -1.16. The van der Waals surface area contributed by atoms with Crippen LogP contribution in [-0.4, -0.2) is 21.5 Å². The molecule has 1 aromatic rings. The lowest BCUT2D eigenvalue weighted by atomic mass is 9.83. The normalized spacial score (nSPS) is 17.4. The first-order valence-corrected chi connectivity index (χ1v) is 6.71. The van der Waals surface area contributed by atoms with Crippen LogP contribution in [0.4, 0.5) is 11.4 Å². The van der Waals surface area contributed by atoms with E-state index in [4.69, 9.17) is 5.11 Å². The number of hydrogen-bond donors (Lipinski definition) is 2. The van der Waals surface area contributed by atoms with Gasteiger partial charge in [-0.05, 0) is 31.9 Å². The largest absolute Gasteiger partial charge is 0.478 e. The number of aromatic carboxylic acids is 1. The van der Waals surface area contributed by atoms with Gasteiger partial charge in [0.2, 0.25) is 0 Å². The van der Waals surface area contributed by atoms with Crippen LogP contribution in [0.5, 0.6) is 0 Å². The molecule has 2 rings (SSSR count). The fraction of sp³-hybridized carbons (Fsp3) is 0.500. The third-order valence-electron chi connectivity index (χ3n) is 3.83. The molecule has 0 radical (unpaired) electrons. The zero-order valence-electron chi connectivity index (χ0n) is 11.4. The Morgan fingerprint density at radius 3 is 2.55 bits per heavy atom. The summed E-state index contributed by atoms with van der Waals surface area (Å²) in [5, 5.41) is 23.3. The van der Waals surface area contributed by atoms with Crippen LogP contribution in [0.2, 0.25) is 0 Å². The number of carboxylic acids is 1. The van der Waals surface area contributed by atoms with Crippen LogP contribution >= 0.6 is 0 Å². The Hall–Kier alpha value is -2.11. The Bertz CT molecular complexity index is 536. The number of nitro benzene ring substituents is 1. The molecule has 0 heterocycles. The smallest absolute Gasteiger partial charge is 0.335 e. The number of carboxylic acid groups (broad SMARTS) is 1. The molecule has 2 N–H and O–H groups in total. The second-order valence-electron chi connectivity index (χ2n) is 5.54. The van der Waals surface area contributed by atoms with Gasteiger partial charge in [-0.3, -0.25) is 10.1 Å².